The molecule has 7 heteroatoms. The lowest BCUT2D eigenvalue weighted by molar-refractivity contribution is -0.140. The smallest absolute Gasteiger partial charge is 0.326 e. The molecule has 0 aliphatic rings. The second-order valence-electron chi connectivity index (χ2n) is 4.67. The van der Waals surface area contributed by atoms with Gasteiger partial charge in [-0.25, -0.2) is 4.79 Å². The van der Waals surface area contributed by atoms with Crippen molar-refractivity contribution in [1.29, 1.82) is 0 Å². The van der Waals surface area contributed by atoms with E-state index in [9.17, 15) is 14.4 Å². The molecule has 1 heterocycles. The van der Waals surface area contributed by atoms with E-state index in [-0.39, 0.29) is 12.8 Å². The van der Waals surface area contributed by atoms with Crippen LogP contribution in [0.3, 0.4) is 0 Å². The van der Waals surface area contributed by atoms with Crippen LogP contribution in [0.15, 0.2) is 36.5 Å². The highest BCUT2D eigenvalue weighted by Crippen LogP contribution is 2.16. The molecule has 0 bridgehead atoms. The van der Waals surface area contributed by atoms with E-state index in [0.29, 0.717) is 16.5 Å². The lowest BCUT2D eigenvalue weighted by Crippen LogP contribution is -2.41. The number of pyridine rings is 1. The third-order valence-electron chi connectivity index (χ3n) is 3.14. The minimum Gasteiger partial charge on any atom is -0.481 e. The minimum absolute atomic E-state index is 0.181. The summed E-state index contributed by atoms with van der Waals surface area (Å²) in [7, 11) is 0. The first-order valence-electron chi connectivity index (χ1n) is 6.58. The van der Waals surface area contributed by atoms with E-state index < -0.39 is 23.9 Å². The number of fused-ring (bicyclic) bond motifs is 1. The van der Waals surface area contributed by atoms with E-state index in [0.717, 1.165) is 0 Å². The summed E-state index contributed by atoms with van der Waals surface area (Å²) in [5.41, 5.74) is 0.916. The Morgan fingerprint density at radius 2 is 1.86 bits per heavy atom. The van der Waals surface area contributed by atoms with Gasteiger partial charge in [-0.2, -0.15) is 0 Å². The Bertz CT molecular complexity index is 723. The van der Waals surface area contributed by atoms with E-state index in [2.05, 4.69) is 10.3 Å². The molecule has 0 spiro atoms. The number of rotatable bonds is 6. The van der Waals surface area contributed by atoms with Gasteiger partial charge in [-0.1, -0.05) is 18.2 Å². The Kier molecular flexibility index (Phi) is 4.67. The fourth-order valence-electron chi connectivity index (χ4n) is 2.06. The van der Waals surface area contributed by atoms with Gasteiger partial charge in [0.2, 0.25) is 0 Å². The van der Waals surface area contributed by atoms with E-state index in [4.69, 9.17) is 10.2 Å². The van der Waals surface area contributed by atoms with Gasteiger partial charge in [0.05, 0.1) is 11.1 Å². The number of carbonyl (C=O) groups is 3. The average molecular weight is 302 g/mol. The Balaban J connectivity index is 2.22. The van der Waals surface area contributed by atoms with Crippen LogP contribution < -0.4 is 5.32 Å². The van der Waals surface area contributed by atoms with Gasteiger partial charge >= 0.3 is 11.9 Å². The number of aliphatic carboxylic acids is 2. The van der Waals surface area contributed by atoms with Crippen molar-refractivity contribution in [3.63, 3.8) is 0 Å². The second-order valence-corrected chi connectivity index (χ2v) is 4.67. The summed E-state index contributed by atoms with van der Waals surface area (Å²) in [6.07, 6.45) is 0.942. The number of carboxylic acids is 2. The lowest BCUT2D eigenvalue weighted by atomic mass is 10.1. The molecule has 0 saturated heterocycles. The molecule has 0 fully saturated rings. The average Bonchev–Trinajstić information content (AvgIpc) is 2.50. The van der Waals surface area contributed by atoms with Gasteiger partial charge in [-0.05, 0) is 18.6 Å². The van der Waals surface area contributed by atoms with Crippen LogP contribution in [0.25, 0.3) is 10.9 Å². The molecule has 3 N–H and O–H groups in total. The zero-order valence-electron chi connectivity index (χ0n) is 11.5. The van der Waals surface area contributed by atoms with Crippen molar-refractivity contribution in [3.8, 4) is 0 Å². The van der Waals surface area contributed by atoms with Crippen LogP contribution in [-0.2, 0) is 9.59 Å². The Morgan fingerprint density at radius 3 is 2.55 bits per heavy atom. The van der Waals surface area contributed by atoms with Crippen LogP contribution in [0.2, 0.25) is 0 Å². The van der Waals surface area contributed by atoms with Crippen LogP contribution in [0, 0.1) is 0 Å². The maximum absolute atomic E-state index is 12.3. The monoisotopic (exact) mass is 302 g/mol. The normalized spacial score (nSPS) is 11.8. The first kappa shape index (κ1) is 15.4. The fraction of sp³-hybridized carbons (Fsp3) is 0.200. The van der Waals surface area contributed by atoms with Gasteiger partial charge in [-0.15, -0.1) is 0 Å². The van der Waals surface area contributed by atoms with Crippen LogP contribution >= 0.6 is 0 Å². The van der Waals surface area contributed by atoms with Crippen molar-refractivity contribution in [2.45, 2.75) is 18.9 Å². The molecule has 1 atom stereocenters. The van der Waals surface area contributed by atoms with Gasteiger partial charge in [0.1, 0.15) is 6.04 Å². The molecule has 0 aliphatic carbocycles. The molecule has 7 nitrogen and oxygen atoms in total. The largest absolute Gasteiger partial charge is 0.481 e. The predicted molar refractivity (Wildman–Crippen MR) is 77.5 cm³/mol. The van der Waals surface area contributed by atoms with Crippen LogP contribution in [-0.4, -0.2) is 39.1 Å². The molecule has 22 heavy (non-hydrogen) atoms. The summed E-state index contributed by atoms with van der Waals surface area (Å²) < 4.78 is 0. The number of nitrogens with zero attached hydrogens (tertiary/aromatic N) is 1. The molecular formula is C15H14N2O5. The Labute approximate surface area is 125 Å². The molecule has 1 aromatic carbocycles. The zero-order chi connectivity index (χ0) is 16.1. The van der Waals surface area contributed by atoms with Gasteiger partial charge in [0.25, 0.3) is 5.91 Å². The van der Waals surface area contributed by atoms with Crippen molar-refractivity contribution in [2.75, 3.05) is 0 Å². The number of benzene rings is 1. The summed E-state index contributed by atoms with van der Waals surface area (Å²) in [6, 6.07) is 7.23. The van der Waals surface area contributed by atoms with Crippen LogP contribution in [0.4, 0.5) is 0 Å². The number of aromatic nitrogens is 1. The third kappa shape index (κ3) is 3.57. The highest BCUT2D eigenvalue weighted by molar-refractivity contribution is 6.06. The number of hydrogen-bond acceptors (Lipinski definition) is 4. The number of carboxylic acid groups (broad SMARTS) is 2. The van der Waals surface area contributed by atoms with Gasteiger partial charge in [0, 0.05) is 18.0 Å². The number of hydrogen-bond donors (Lipinski definition) is 3. The van der Waals surface area contributed by atoms with E-state index in [1.165, 1.54) is 12.3 Å². The fourth-order valence-corrected chi connectivity index (χ4v) is 2.06. The highest BCUT2D eigenvalue weighted by atomic mass is 16.4. The summed E-state index contributed by atoms with van der Waals surface area (Å²) >= 11 is 0. The standard InChI is InChI=1S/C15H14N2O5/c18-13(19)6-5-12(15(21)22)17-14(20)10-7-8-16-11-4-2-1-3-9(10)11/h1-4,7-8,12H,5-6H2,(H,17,20)(H,18,19)(H,21,22)/t12-/m0/s1. The summed E-state index contributed by atoms with van der Waals surface area (Å²) in [5, 5.41) is 20.7. The van der Waals surface area contributed by atoms with Crippen molar-refractivity contribution >= 4 is 28.7 Å². The minimum atomic E-state index is -1.27. The predicted octanol–water partition coefficient (Wildman–Crippen LogP) is 1.28. The van der Waals surface area contributed by atoms with Crippen LogP contribution in [0.1, 0.15) is 23.2 Å². The SMILES string of the molecule is O=C(O)CC[C@H](NC(=O)c1ccnc2ccccc12)C(=O)O. The topological polar surface area (TPSA) is 117 Å². The van der Waals surface area contributed by atoms with Gasteiger partial charge in [-0.3, -0.25) is 14.6 Å². The van der Waals surface area contributed by atoms with Gasteiger partial charge < -0.3 is 15.5 Å². The maximum atomic E-state index is 12.3. The Hall–Kier alpha value is -2.96. The lowest BCUT2D eigenvalue weighted by Gasteiger charge is -2.14. The first-order chi connectivity index (χ1) is 10.5. The molecule has 1 amide bonds. The number of para-hydroxylation sites is 1. The zero-order valence-corrected chi connectivity index (χ0v) is 11.5. The molecule has 0 radical (unpaired) electrons. The molecule has 1 aromatic heterocycles. The van der Waals surface area contributed by atoms with E-state index in [1.807, 2.05) is 0 Å². The van der Waals surface area contributed by atoms with Gasteiger partial charge in [0.15, 0.2) is 0 Å². The van der Waals surface area contributed by atoms with Crippen molar-refractivity contribution in [3.05, 3.63) is 42.1 Å². The van der Waals surface area contributed by atoms with E-state index >= 15 is 0 Å². The van der Waals surface area contributed by atoms with Crippen molar-refractivity contribution in [2.24, 2.45) is 0 Å². The molecule has 2 aromatic rings. The summed E-state index contributed by atoms with van der Waals surface area (Å²) in [4.78, 5) is 38.1. The molecular weight excluding hydrogens is 288 g/mol. The van der Waals surface area contributed by atoms with E-state index in [1.54, 1.807) is 24.3 Å². The quantitative estimate of drug-likeness (QED) is 0.740. The summed E-state index contributed by atoms with van der Waals surface area (Å²) in [6.45, 7) is 0. The number of nitrogens with one attached hydrogen (secondary N) is 1. The third-order valence-corrected chi connectivity index (χ3v) is 3.14. The molecule has 2 rings (SSSR count). The highest BCUT2D eigenvalue weighted by Gasteiger charge is 2.22. The van der Waals surface area contributed by atoms with Crippen LogP contribution in [0.5, 0.6) is 0 Å². The summed E-state index contributed by atoms with van der Waals surface area (Å²) in [5.74, 6) is -2.96. The van der Waals surface area contributed by atoms with Crippen molar-refractivity contribution in [1.82, 2.24) is 10.3 Å². The number of amides is 1. The molecule has 0 aliphatic heterocycles. The Morgan fingerprint density at radius 1 is 1.14 bits per heavy atom. The molecule has 0 saturated carbocycles. The van der Waals surface area contributed by atoms with Crippen molar-refractivity contribution < 1.29 is 24.6 Å². The second kappa shape index (κ2) is 6.66. The number of carbonyl (C=O) groups excluding carboxylic acids is 1. The molecule has 114 valence electrons. The first-order valence-corrected chi connectivity index (χ1v) is 6.58. The maximum Gasteiger partial charge on any atom is 0.326 e. The molecule has 0 unspecified atom stereocenters.